The van der Waals surface area contributed by atoms with E-state index in [-0.39, 0.29) is 55.2 Å². The first-order valence-electron chi connectivity index (χ1n) is 18.6. The fraction of sp³-hybridized carbons (Fsp3) is 0.846. The van der Waals surface area contributed by atoms with Crippen LogP contribution in [0.4, 0.5) is 0 Å². The zero-order valence-electron chi connectivity index (χ0n) is 30.9. The number of aliphatic hydroxyl groups is 4. The summed E-state index contributed by atoms with van der Waals surface area (Å²) in [6.45, 7) is 15.5. The maximum absolute atomic E-state index is 13.2. The topological polar surface area (TPSA) is 134 Å². The quantitative estimate of drug-likeness (QED) is 0.0796. The van der Waals surface area contributed by atoms with Crippen LogP contribution in [0.3, 0.4) is 0 Å². The molecule has 0 aliphatic heterocycles. The van der Waals surface area contributed by atoms with Gasteiger partial charge in [-0.15, -0.1) is 0 Å². The first-order valence-corrected chi connectivity index (χ1v) is 19.5. The number of ether oxygens (including phenoxy) is 2. The second-order valence-corrected chi connectivity index (χ2v) is 19.1. The van der Waals surface area contributed by atoms with Crippen molar-refractivity contribution in [1.29, 1.82) is 0 Å². The van der Waals surface area contributed by atoms with Gasteiger partial charge >= 0.3 is 11.9 Å². The van der Waals surface area contributed by atoms with Crippen LogP contribution in [0.1, 0.15) is 113 Å². The largest absolute Gasteiger partial charge is 0.465 e. The Hall–Kier alpha value is -1.04. The lowest BCUT2D eigenvalue weighted by Crippen LogP contribution is -2.73. The van der Waals surface area contributed by atoms with E-state index in [4.69, 9.17) is 34.7 Å². The molecule has 0 aromatic rings. The van der Waals surface area contributed by atoms with Gasteiger partial charge in [0.25, 0.3) is 0 Å². The van der Waals surface area contributed by atoms with Gasteiger partial charge in [-0.25, -0.2) is 4.79 Å². The van der Waals surface area contributed by atoms with E-state index in [1.54, 1.807) is 19.9 Å². The predicted molar refractivity (Wildman–Crippen MR) is 196 cm³/mol. The molecule has 5 aliphatic carbocycles. The third-order valence-corrected chi connectivity index (χ3v) is 16.7. The van der Waals surface area contributed by atoms with Gasteiger partial charge in [-0.2, -0.15) is 25.3 Å². The zero-order chi connectivity index (χ0) is 36.5. The number of esters is 2. The Balaban J connectivity index is 1.54. The molecule has 49 heavy (non-hydrogen) atoms. The van der Waals surface area contributed by atoms with E-state index in [1.807, 2.05) is 34.6 Å². The Morgan fingerprint density at radius 2 is 1.57 bits per heavy atom. The highest BCUT2D eigenvalue weighted by Crippen LogP contribution is 2.73. The summed E-state index contributed by atoms with van der Waals surface area (Å²) in [5.74, 6) is -1.39. The van der Waals surface area contributed by atoms with E-state index < -0.39 is 55.6 Å². The highest BCUT2D eigenvalue weighted by Gasteiger charge is 2.73. The summed E-state index contributed by atoms with van der Waals surface area (Å²) in [6, 6.07) is 0. The minimum absolute atomic E-state index is 0.0153. The number of fused-ring (bicyclic) bond motifs is 7. The summed E-state index contributed by atoms with van der Waals surface area (Å²) >= 11 is 11.2. The molecule has 0 heterocycles. The molecule has 12 atom stereocenters. The lowest BCUT2D eigenvalue weighted by molar-refractivity contribution is -0.244. The molecule has 4 N–H and O–H groups in total. The predicted octanol–water partition coefficient (Wildman–Crippen LogP) is 5.85. The van der Waals surface area contributed by atoms with Gasteiger partial charge in [0, 0.05) is 25.9 Å². The number of thiol groups is 2. The van der Waals surface area contributed by atoms with Crippen LogP contribution in [-0.4, -0.2) is 79.5 Å². The minimum atomic E-state index is -1.30. The smallest absolute Gasteiger partial charge is 0.333 e. The van der Waals surface area contributed by atoms with Crippen LogP contribution in [0.2, 0.25) is 0 Å². The van der Waals surface area contributed by atoms with E-state index in [9.17, 15) is 30.0 Å². The molecule has 0 radical (unpaired) electrons. The SMILES string of the molecule is C/C=C(\C)C(=O)OC[C@]1(C)C2CC[C@]3(S)C(CC=C4C5CC(C)(C)[C@@H](O)[C@H](O)[C@]5(COC(=O)C(CC)CC)[C@H](O)C[C@]43C)[C@@]2(S)CC[C@@H]1O. The van der Waals surface area contributed by atoms with Gasteiger partial charge in [0.15, 0.2) is 0 Å². The van der Waals surface area contributed by atoms with Crippen molar-refractivity contribution < 1.29 is 39.5 Å². The van der Waals surface area contributed by atoms with Crippen molar-refractivity contribution in [1.82, 2.24) is 0 Å². The number of hydrogen-bond acceptors (Lipinski definition) is 10. The van der Waals surface area contributed by atoms with Crippen LogP contribution in [-0.2, 0) is 19.1 Å². The molecule has 278 valence electrons. The Bertz CT molecular complexity index is 1360. The van der Waals surface area contributed by atoms with E-state index in [2.05, 4.69) is 13.0 Å². The Morgan fingerprint density at radius 1 is 0.918 bits per heavy atom. The summed E-state index contributed by atoms with van der Waals surface area (Å²) in [5.41, 5.74) is -1.56. The standard InChI is InChI=1S/C39H62O8S2/c1-9-22(4)32(44)46-20-35(7)26-14-17-39(49)27(38(26,48)16-15-28(35)40)13-12-24-25-18-34(5,6)30(42)31(43)37(25,29(41)19-36(24,39)8)21-47-33(45)23(10-2)11-3/h9,12,23,25-31,40-43,48-49H,10-11,13-21H2,1-8H3/b22-9+/t25?,26?,27?,28-,29+,30-,31-,35+,36+,37-,38+,39-/m0/s1. The van der Waals surface area contributed by atoms with Crippen LogP contribution < -0.4 is 0 Å². The van der Waals surface area contributed by atoms with E-state index in [1.165, 1.54) is 0 Å². The monoisotopic (exact) mass is 722 g/mol. The van der Waals surface area contributed by atoms with Gasteiger partial charge in [-0.05, 0) is 94.8 Å². The van der Waals surface area contributed by atoms with Crippen LogP contribution in [0.15, 0.2) is 23.3 Å². The molecule has 0 saturated heterocycles. The number of rotatable bonds is 8. The molecule has 0 bridgehead atoms. The number of carbonyl (C=O) groups is 2. The normalized spacial score (nSPS) is 46.1. The van der Waals surface area contributed by atoms with Gasteiger partial charge in [0.05, 0.1) is 42.4 Å². The molecule has 0 aromatic carbocycles. The highest BCUT2D eigenvalue weighted by molar-refractivity contribution is 7.83. The van der Waals surface area contributed by atoms with Crippen molar-refractivity contribution in [3.05, 3.63) is 23.3 Å². The van der Waals surface area contributed by atoms with Crippen molar-refractivity contribution in [3.8, 4) is 0 Å². The van der Waals surface area contributed by atoms with Crippen molar-refractivity contribution in [2.45, 2.75) is 147 Å². The maximum atomic E-state index is 13.2. The second kappa shape index (κ2) is 13.4. The first-order chi connectivity index (χ1) is 22.7. The van der Waals surface area contributed by atoms with Crippen LogP contribution >= 0.6 is 25.3 Å². The molecule has 0 amide bonds. The summed E-state index contributed by atoms with van der Waals surface area (Å²) in [5, 5.41) is 47.2. The zero-order valence-corrected chi connectivity index (χ0v) is 32.7. The molecule has 4 saturated carbocycles. The summed E-state index contributed by atoms with van der Waals surface area (Å²) in [4.78, 5) is 25.9. The lowest BCUT2D eigenvalue weighted by atomic mass is 9.39. The van der Waals surface area contributed by atoms with E-state index >= 15 is 0 Å². The molecule has 0 spiro atoms. The Morgan fingerprint density at radius 3 is 2.18 bits per heavy atom. The van der Waals surface area contributed by atoms with Gasteiger partial charge in [-0.3, -0.25) is 4.79 Å². The van der Waals surface area contributed by atoms with Crippen molar-refractivity contribution >= 4 is 37.2 Å². The maximum Gasteiger partial charge on any atom is 0.333 e. The number of aliphatic hydroxyl groups excluding tert-OH is 4. The summed E-state index contributed by atoms with van der Waals surface area (Å²) in [6.07, 6.45) is 5.27. The van der Waals surface area contributed by atoms with E-state index in [0.717, 1.165) is 5.57 Å². The third-order valence-electron chi connectivity index (χ3n) is 14.8. The summed E-state index contributed by atoms with van der Waals surface area (Å²) < 4.78 is 10.7. The van der Waals surface area contributed by atoms with Gasteiger partial charge in [0.2, 0.25) is 0 Å². The van der Waals surface area contributed by atoms with E-state index in [0.29, 0.717) is 56.9 Å². The molecule has 10 heteroatoms. The van der Waals surface area contributed by atoms with Crippen molar-refractivity contribution in [2.24, 2.45) is 45.3 Å². The number of allylic oxidation sites excluding steroid dienone is 3. The van der Waals surface area contributed by atoms with Crippen LogP contribution in [0.25, 0.3) is 0 Å². The minimum Gasteiger partial charge on any atom is -0.465 e. The fourth-order valence-electron chi connectivity index (χ4n) is 11.3. The van der Waals surface area contributed by atoms with Gasteiger partial charge in [0.1, 0.15) is 6.61 Å². The van der Waals surface area contributed by atoms with Crippen LogP contribution in [0, 0.1) is 45.3 Å². The fourth-order valence-corrected chi connectivity index (χ4v) is 12.9. The van der Waals surface area contributed by atoms with Gasteiger partial charge in [-0.1, -0.05) is 59.3 Å². The Kier molecular flexibility index (Phi) is 10.7. The van der Waals surface area contributed by atoms with Crippen molar-refractivity contribution in [2.75, 3.05) is 13.2 Å². The molecule has 0 aromatic heterocycles. The lowest BCUT2D eigenvalue weighted by Gasteiger charge is -2.71. The van der Waals surface area contributed by atoms with Gasteiger partial charge < -0.3 is 29.9 Å². The Labute approximate surface area is 304 Å². The molecule has 5 aliphatic rings. The average molecular weight is 723 g/mol. The summed E-state index contributed by atoms with van der Waals surface area (Å²) in [7, 11) is 0. The van der Waals surface area contributed by atoms with Crippen LogP contribution in [0.5, 0.6) is 0 Å². The molecule has 8 nitrogen and oxygen atoms in total. The molecular weight excluding hydrogens is 661 g/mol. The molecular formula is C39H62O8S2. The third kappa shape index (κ3) is 5.71. The van der Waals surface area contributed by atoms with Crippen molar-refractivity contribution in [3.63, 3.8) is 0 Å². The second-order valence-electron chi connectivity index (χ2n) is 17.5. The average Bonchev–Trinajstić information content (AvgIpc) is 3.04. The number of hydrogen-bond donors (Lipinski definition) is 6. The first kappa shape index (κ1) is 39.2. The highest BCUT2D eigenvalue weighted by atomic mass is 32.1. The molecule has 4 fully saturated rings. The molecule has 3 unspecified atom stereocenters. The number of carbonyl (C=O) groups excluding carboxylic acids is 2. The molecule has 5 rings (SSSR count).